The number of hydrogen-bond acceptors (Lipinski definition) is 4. The summed E-state index contributed by atoms with van der Waals surface area (Å²) in [6, 6.07) is 4.17. The number of carbonyl (C=O) groups is 1. The summed E-state index contributed by atoms with van der Waals surface area (Å²) in [5, 5.41) is 19.0. The third-order valence-corrected chi connectivity index (χ3v) is 1.92. The van der Waals surface area contributed by atoms with Crippen LogP contribution in [0.15, 0.2) is 30.5 Å². The predicted octanol–water partition coefficient (Wildman–Crippen LogP) is 2.16. The molecular formula is C10H9NO4. The zero-order valence-electron chi connectivity index (χ0n) is 8.01. The molecule has 0 spiro atoms. The van der Waals surface area contributed by atoms with Gasteiger partial charge in [-0.3, -0.25) is 14.9 Å². The molecule has 5 heteroatoms. The molecule has 1 aromatic rings. The molecule has 15 heavy (non-hydrogen) atoms. The van der Waals surface area contributed by atoms with Gasteiger partial charge in [0.25, 0.3) is 5.69 Å². The van der Waals surface area contributed by atoms with Crippen LogP contribution >= 0.6 is 0 Å². The molecule has 0 aliphatic heterocycles. The van der Waals surface area contributed by atoms with Gasteiger partial charge in [-0.15, -0.1) is 0 Å². The van der Waals surface area contributed by atoms with Crippen LogP contribution in [0.5, 0.6) is 0 Å². The number of ketones is 1. The molecule has 1 rings (SSSR count). The maximum absolute atomic E-state index is 11.3. The van der Waals surface area contributed by atoms with E-state index < -0.39 is 10.7 Å². The minimum Gasteiger partial charge on any atom is -0.515 e. The molecule has 5 nitrogen and oxygen atoms in total. The van der Waals surface area contributed by atoms with Crippen molar-refractivity contribution in [2.24, 2.45) is 0 Å². The smallest absolute Gasteiger partial charge is 0.273 e. The summed E-state index contributed by atoms with van der Waals surface area (Å²) in [5.41, 5.74) is 0.564. The molecule has 0 amide bonds. The summed E-state index contributed by atoms with van der Waals surface area (Å²) in [4.78, 5) is 21.3. The Labute approximate surface area is 85.8 Å². The quantitative estimate of drug-likeness (QED) is 0.271. The molecule has 0 bridgehead atoms. The molecule has 0 aliphatic rings. The van der Waals surface area contributed by atoms with E-state index >= 15 is 0 Å². The van der Waals surface area contributed by atoms with Crippen molar-refractivity contribution in [2.75, 3.05) is 0 Å². The predicted molar refractivity (Wildman–Crippen MR) is 53.9 cm³/mol. The van der Waals surface area contributed by atoms with Crippen LogP contribution in [-0.4, -0.2) is 15.8 Å². The number of aliphatic hydroxyl groups is 1. The zero-order chi connectivity index (χ0) is 11.4. The van der Waals surface area contributed by atoms with Gasteiger partial charge in [0.05, 0.1) is 11.2 Å². The van der Waals surface area contributed by atoms with E-state index in [0.29, 0.717) is 11.8 Å². The molecule has 0 unspecified atom stereocenters. The van der Waals surface area contributed by atoms with Crippen LogP contribution in [0, 0.1) is 17.0 Å². The normalized spacial score (nSPS) is 10.5. The number of benzene rings is 1. The van der Waals surface area contributed by atoms with E-state index in [4.69, 9.17) is 5.11 Å². The largest absolute Gasteiger partial charge is 0.515 e. The molecule has 0 fully saturated rings. The van der Waals surface area contributed by atoms with Crippen LogP contribution in [0.2, 0.25) is 0 Å². The highest BCUT2D eigenvalue weighted by molar-refractivity contribution is 6.04. The Balaban J connectivity index is 3.18. The minimum atomic E-state index is -0.547. The van der Waals surface area contributed by atoms with Crippen molar-refractivity contribution >= 4 is 11.5 Å². The van der Waals surface area contributed by atoms with Crippen molar-refractivity contribution in [3.63, 3.8) is 0 Å². The molecule has 0 atom stereocenters. The lowest BCUT2D eigenvalue weighted by molar-refractivity contribution is -0.385. The van der Waals surface area contributed by atoms with Crippen molar-refractivity contribution in [3.05, 3.63) is 51.8 Å². The number of nitrogens with zero attached hydrogens (tertiary/aromatic N) is 1. The van der Waals surface area contributed by atoms with E-state index in [1.165, 1.54) is 18.2 Å². The molecule has 0 heterocycles. The van der Waals surface area contributed by atoms with Crippen molar-refractivity contribution < 1.29 is 14.8 Å². The second-order valence-electron chi connectivity index (χ2n) is 2.94. The highest BCUT2D eigenvalue weighted by Crippen LogP contribution is 2.19. The summed E-state index contributed by atoms with van der Waals surface area (Å²) < 4.78 is 0. The van der Waals surface area contributed by atoms with Crippen LogP contribution in [0.25, 0.3) is 0 Å². The Morgan fingerprint density at radius 1 is 1.53 bits per heavy atom. The minimum absolute atomic E-state index is 0.104. The second-order valence-corrected chi connectivity index (χ2v) is 2.94. The average Bonchev–Trinajstić information content (AvgIpc) is 2.18. The van der Waals surface area contributed by atoms with E-state index in [9.17, 15) is 14.9 Å². The van der Waals surface area contributed by atoms with Gasteiger partial charge >= 0.3 is 0 Å². The number of aryl methyl sites for hydroxylation is 1. The molecule has 1 aromatic carbocycles. The lowest BCUT2D eigenvalue weighted by Crippen LogP contribution is -1.98. The van der Waals surface area contributed by atoms with Crippen LogP contribution in [-0.2, 0) is 0 Å². The number of rotatable bonds is 3. The number of nitro groups is 1. The second kappa shape index (κ2) is 4.36. The topological polar surface area (TPSA) is 80.4 Å². The highest BCUT2D eigenvalue weighted by Gasteiger charge is 2.13. The Bertz CT molecular complexity index is 437. The number of nitro benzene ring substituents is 1. The number of aliphatic hydroxyl groups excluding tert-OH is 1. The number of hydrogen-bond donors (Lipinski definition) is 1. The average molecular weight is 207 g/mol. The standard InChI is InChI=1S/C10H9NO4/c1-7-2-3-8(10(13)4-5-12)6-9(7)11(14)15/h2-6,12H,1H3. The van der Waals surface area contributed by atoms with Gasteiger partial charge in [0, 0.05) is 23.3 Å². The van der Waals surface area contributed by atoms with Crippen molar-refractivity contribution in [1.29, 1.82) is 0 Å². The number of carbonyl (C=O) groups excluding carboxylic acids is 1. The summed E-state index contributed by atoms with van der Waals surface area (Å²) in [5.74, 6) is -0.472. The first kappa shape index (κ1) is 10.9. The summed E-state index contributed by atoms with van der Waals surface area (Å²) >= 11 is 0. The zero-order valence-corrected chi connectivity index (χ0v) is 8.01. The third-order valence-electron chi connectivity index (χ3n) is 1.92. The van der Waals surface area contributed by atoms with Gasteiger partial charge in [0.15, 0.2) is 5.78 Å². The van der Waals surface area contributed by atoms with E-state index in [0.717, 1.165) is 6.08 Å². The first-order chi connectivity index (χ1) is 7.06. The molecule has 0 aliphatic carbocycles. The Morgan fingerprint density at radius 2 is 2.20 bits per heavy atom. The van der Waals surface area contributed by atoms with Gasteiger partial charge in [-0.1, -0.05) is 12.1 Å². The van der Waals surface area contributed by atoms with Gasteiger partial charge in [-0.05, 0) is 6.92 Å². The highest BCUT2D eigenvalue weighted by atomic mass is 16.6. The van der Waals surface area contributed by atoms with Crippen molar-refractivity contribution in [1.82, 2.24) is 0 Å². The van der Waals surface area contributed by atoms with Crippen LogP contribution in [0.3, 0.4) is 0 Å². The summed E-state index contributed by atoms with van der Waals surface area (Å²) in [6.07, 6.45) is 1.54. The summed E-state index contributed by atoms with van der Waals surface area (Å²) in [7, 11) is 0. The lowest BCUT2D eigenvalue weighted by Gasteiger charge is -1.99. The maximum atomic E-state index is 11.3. The SMILES string of the molecule is Cc1ccc(C(=O)C=CO)cc1[N+](=O)[O-]. The van der Waals surface area contributed by atoms with E-state index in [1.54, 1.807) is 6.92 Å². The molecule has 0 radical (unpaired) electrons. The van der Waals surface area contributed by atoms with Gasteiger partial charge in [-0.2, -0.15) is 0 Å². The van der Waals surface area contributed by atoms with Gasteiger partial charge in [0.1, 0.15) is 0 Å². The third kappa shape index (κ3) is 2.40. The van der Waals surface area contributed by atoms with Crippen LogP contribution in [0.1, 0.15) is 15.9 Å². The Kier molecular flexibility index (Phi) is 3.17. The Hall–Kier alpha value is -2.17. The van der Waals surface area contributed by atoms with Crippen molar-refractivity contribution in [2.45, 2.75) is 6.92 Å². The van der Waals surface area contributed by atoms with Crippen LogP contribution in [0.4, 0.5) is 5.69 Å². The fourth-order valence-corrected chi connectivity index (χ4v) is 1.12. The van der Waals surface area contributed by atoms with Gasteiger partial charge in [-0.25, -0.2) is 0 Å². The Morgan fingerprint density at radius 3 is 2.73 bits per heavy atom. The molecule has 0 aromatic heterocycles. The molecule has 78 valence electrons. The number of allylic oxidation sites excluding steroid dienone is 1. The fourth-order valence-electron chi connectivity index (χ4n) is 1.12. The molecule has 0 saturated heterocycles. The fraction of sp³-hybridized carbons (Fsp3) is 0.100. The first-order valence-electron chi connectivity index (χ1n) is 4.16. The van der Waals surface area contributed by atoms with E-state index in [2.05, 4.69) is 0 Å². The molecule has 0 saturated carbocycles. The van der Waals surface area contributed by atoms with E-state index in [1.807, 2.05) is 0 Å². The molecule has 1 N–H and O–H groups in total. The maximum Gasteiger partial charge on any atom is 0.273 e. The van der Waals surface area contributed by atoms with E-state index in [-0.39, 0.29) is 11.3 Å². The summed E-state index contributed by atoms with van der Waals surface area (Å²) in [6.45, 7) is 1.59. The van der Waals surface area contributed by atoms with Crippen LogP contribution < -0.4 is 0 Å². The lowest BCUT2D eigenvalue weighted by atomic mass is 10.1. The van der Waals surface area contributed by atoms with Crippen molar-refractivity contribution in [3.8, 4) is 0 Å². The molecular weight excluding hydrogens is 198 g/mol. The first-order valence-corrected chi connectivity index (χ1v) is 4.16. The van der Waals surface area contributed by atoms with Gasteiger partial charge < -0.3 is 5.11 Å². The monoisotopic (exact) mass is 207 g/mol. The van der Waals surface area contributed by atoms with Gasteiger partial charge in [0.2, 0.25) is 0 Å².